The Kier molecular flexibility index (Phi) is 6.00. The van der Waals surface area contributed by atoms with Crippen LogP contribution < -0.4 is 5.32 Å². The van der Waals surface area contributed by atoms with Crippen molar-refractivity contribution in [1.82, 2.24) is 15.2 Å². The van der Waals surface area contributed by atoms with Crippen LogP contribution in [0, 0.1) is 0 Å². The highest BCUT2D eigenvalue weighted by Crippen LogP contribution is 2.31. The van der Waals surface area contributed by atoms with E-state index in [9.17, 15) is 9.59 Å². The summed E-state index contributed by atoms with van der Waals surface area (Å²) in [7, 11) is 0. The molecule has 1 aliphatic heterocycles. The number of aromatic nitrogens is 1. The quantitative estimate of drug-likeness (QED) is 0.870. The lowest BCUT2D eigenvalue weighted by Gasteiger charge is -2.24. The van der Waals surface area contributed by atoms with E-state index < -0.39 is 0 Å². The third-order valence-corrected chi connectivity index (χ3v) is 4.77. The fourth-order valence-electron chi connectivity index (χ4n) is 3.38. The largest absolute Gasteiger partial charge is 0.352 e. The molecule has 0 spiro atoms. The molecule has 2 aromatic rings. The number of amides is 2. The van der Waals surface area contributed by atoms with Crippen LogP contribution in [-0.4, -0.2) is 28.2 Å². The normalized spacial score (nSPS) is 16.5. The summed E-state index contributed by atoms with van der Waals surface area (Å²) in [5.41, 5.74) is 3.09. The third-order valence-electron chi connectivity index (χ3n) is 4.77. The molecule has 5 nitrogen and oxygen atoms in total. The van der Waals surface area contributed by atoms with E-state index in [-0.39, 0.29) is 17.9 Å². The highest BCUT2D eigenvalue weighted by atomic mass is 16.2. The number of likely N-dealkylation sites (tertiary alicyclic amines) is 1. The molecule has 1 N–H and O–H groups in total. The van der Waals surface area contributed by atoms with Gasteiger partial charge < -0.3 is 10.2 Å². The zero-order valence-electron chi connectivity index (χ0n) is 15.1. The fourth-order valence-corrected chi connectivity index (χ4v) is 3.38. The van der Waals surface area contributed by atoms with Gasteiger partial charge in [0.1, 0.15) is 0 Å². The number of benzene rings is 1. The van der Waals surface area contributed by atoms with Crippen LogP contribution >= 0.6 is 0 Å². The SMILES string of the molecule is CC(=O)NCc1ccc(C2CCCN2C(=O)CCc2ccccc2)nc1. The fraction of sp³-hybridized carbons (Fsp3) is 0.381. The van der Waals surface area contributed by atoms with Gasteiger partial charge >= 0.3 is 0 Å². The standard InChI is InChI=1S/C21H25N3O2/c1-16(25)22-14-18-9-11-19(23-15-18)20-8-5-13-24(20)21(26)12-10-17-6-3-2-4-7-17/h2-4,6-7,9,11,15,20H,5,8,10,12-14H2,1H3,(H,22,25). The van der Waals surface area contributed by atoms with Crippen LogP contribution in [0.4, 0.5) is 0 Å². The number of carbonyl (C=O) groups excluding carboxylic acids is 2. The molecule has 2 heterocycles. The van der Waals surface area contributed by atoms with E-state index in [0.29, 0.717) is 13.0 Å². The average molecular weight is 351 g/mol. The Morgan fingerprint density at radius 1 is 1.15 bits per heavy atom. The molecule has 1 aromatic carbocycles. The maximum atomic E-state index is 12.7. The first-order valence-electron chi connectivity index (χ1n) is 9.16. The van der Waals surface area contributed by atoms with Crippen LogP contribution in [0.25, 0.3) is 0 Å². The van der Waals surface area contributed by atoms with E-state index in [4.69, 9.17) is 0 Å². The van der Waals surface area contributed by atoms with Crippen LogP contribution in [0.3, 0.4) is 0 Å². The summed E-state index contributed by atoms with van der Waals surface area (Å²) in [6, 6.07) is 14.1. The van der Waals surface area contributed by atoms with Crippen molar-refractivity contribution in [3.8, 4) is 0 Å². The second-order valence-electron chi connectivity index (χ2n) is 6.73. The average Bonchev–Trinajstić information content (AvgIpc) is 3.15. The second-order valence-corrected chi connectivity index (χ2v) is 6.73. The first kappa shape index (κ1) is 18.1. The van der Waals surface area contributed by atoms with Crippen LogP contribution in [-0.2, 0) is 22.6 Å². The maximum absolute atomic E-state index is 12.7. The maximum Gasteiger partial charge on any atom is 0.223 e. The van der Waals surface area contributed by atoms with Gasteiger partial charge in [-0.3, -0.25) is 14.6 Å². The van der Waals surface area contributed by atoms with Gasteiger partial charge in [-0.15, -0.1) is 0 Å². The van der Waals surface area contributed by atoms with Crippen molar-refractivity contribution < 1.29 is 9.59 Å². The molecule has 1 aliphatic rings. The number of aryl methyl sites for hydroxylation is 1. The summed E-state index contributed by atoms with van der Waals surface area (Å²) >= 11 is 0. The Balaban J connectivity index is 1.60. The zero-order chi connectivity index (χ0) is 18.4. The van der Waals surface area contributed by atoms with Crippen LogP contribution in [0.2, 0.25) is 0 Å². The monoisotopic (exact) mass is 351 g/mol. The number of pyridine rings is 1. The Morgan fingerprint density at radius 2 is 1.96 bits per heavy atom. The first-order chi connectivity index (χ1) is 12.6. The molecule has 0 saturated carbocycles. The number of carbonyl (C=O) groups is 2. The van der Waals surface area contributed by atoms with Gasteiger partial charge in [0.05, 0.1) is 11.7 Å². The predicted molar refractivity (Wildman–Crippen MR) is 100 cm³/mol. The molecule has 3 rings (SSSR count). The van der Waals surface area contributed by atoms with E-state index in [1.807, 2.05) is 35.2 Å². The molecule has 1 fully saturated rings. The highest BCUT2D eigenvalue weighted by Gasteiger charge is 2.30. The molecule has 1 atom stereocenters. The van der Waals surface area contributed by atoms with Crippen LogP contribution in [0.1, 0.15) is 49.0 Å². The molecule has 26 heavy (non-hydrogen) atoms. The topological polar surface area (TPSA) is 62.3 Å². The Morgan fingerprint density at radius 3 is 2.65 bits per heavy atom. The minimum absolute atomic E-state index is 0.0555. The van der Waals surface area contributed by atoms with Gasteiger partial charge in [0.15, 0.2) is 0 Å². The minimum Gasteiger partial charge on any atom is -0.352 e. The third kappa shape index (κ3) is 4.69. The zero-order valence-corrected chi connectivity index (χ0v) is 15.1. The van der Waals surface area contributed by atoms with E-state index >= 15 is 0 Å². The van der Waals surface area contributed by atoms with Gasteiger partial charge in [0.2, 0.25) is 11.8 Å². The first-order valence-corrected chi connectivity index (χ1v) is 9.16. The number of nitrogens with one attached hydrogen (secondary N) is 1. The molecule has 0 radical (unpaired) electrons. The van der Waals surface area contributed by atoms with Crippen molar-refractivity contribution in [1.29, 1.82) is 0 Å². The number of hydrogen-bond acceptors (Lipinski definition) is 3. The lowest BCUT2D eigenvalue weighted by Crippen LogP contribution is -2.31. The molecule has 5 heteroatoms. The van der Waals surface area contributed by atoms with Gasteiger partial charge in [0, 0.05) is 32.6 Å². The molecular formula is C21H25N3O2. The Bertz CT molecular complexity index is 744. The van der Waals surface area contributed by atoms with Gasteiger partial charge in [0.25, 0.3) is 0 Å². The van der Waals surface area contributed by atoms with E-state index in [1.54, 1.807) is 6.20 Å². The van der Waals surface area contributed by atoms with E-state index in [0.717, 1.165) is 37.1 Å². The van der Waals surface area contributed by atoms with Crippen molar-refractivity contribution in [2.45, 2.75) is 45.2 Å². The Hall–Kier alpha value is -2.69. The summed E-state index contributed by atoms with van der Waals surface area (Å²) in [6.07, 6.45) is 5.05. The van der Waals surface area contributed by atoms with Gasteiger partial charge in [-0.2, -0.15) is 0 Å². The van der Waals surface area contributed by atoms with Crippen molar-refractivity contribution in [3.63, 3.8) is 0 Å². The summed E-state index contributed by atoms with van der Waals surface area (Å²) in [5.74, 6) is 0.139. The van der Waals surface area contributed by atoms with Crippen molar-refractivity contribution >= 4 is 11.8 Å². The van der Waals surface area contributed by atoms with Crippen LogP contribution in [0.15, 0.2) is 48.7 Å². The smallest absolute Gasteiger partial charge is 0.223 e. The summed E-state index contributed by atoms with van der Waals surface area (Å²) in [5, 5.41) is 2.77. The van der Waals surface area contributed by atoms with Gasteiger partial charge in [-0.1, -0.05) is 36.4 Å². The van der Waals surface area contributed by atoms with Crippen molar-refractivity contribution in [3.05, 3.63) is 65.5 Å². The summed E-state index contributed by atoms with van der Waals surface area (Å²) in [6.45, 7) is 2.78. The molecule has 1 aromatic heterocycles. The molecular weight excluding hydrogens is 326 g/mol. The lowest BCUT2D eigenvalue weighted by atomic mass is 10.1. The van der Waals surface area contributed by atoms with Crippen molar-refractivity contribution in [2.24, 2.45) is 0 Å². The van der Waals surface area contributed by atoms with E-state index in [1.165, 1.54) is 12.5 Å². The summed E-state index contributed by atoms with van der Waals surface area (Å²) < 4.78 is 0. The van der Waals surface area contributed by atoms with Crippen molar-refractivity contribution in [2.75, 3.05) is 6.54 Å². The number of rotatable bonds is 6. The van der Waals surface area contributed by atoms with Gasteiger partial charge in [-0.05, 0) is 36.5 Å². The number of hydrogen-bond donors (Lipinski definition) is 1. The Labute approximate surface area is 154 Å². The van der Waals surface area contributed by atoms with Gasteiger partial charge in [-0.25, -0.2) is 0 Å². The van der Waals surface area contributed by atoms with E-state index in [2.05, 4.69) is 22.4 Å². The second kappa shape index (κ2) is 8.61. The molecule has 1 unspecified atom stereocenters. The highest BCUT2D eigenvalue weighted by molar-refractivity contribution is 5.77. The molecule has 2 amide bonds. The predicted octanol–water partition coefficient (Wildman–Crippen LogP) is 3.01. The lowest BCUT2D eigenvalue weighted by molar-refractivity contribution is -0.132. The minimum atomic E-state index is -0.0555. The molecule has 1 saturated heterocycles. The van der Waals surface area contributed by atoms with Crippen LogP contribution in [0.5, 0.6) is 0 Å². The molecule has 0 aliphatic carbocycles. The summed E-state index contributed by atoms with van der Waals surface area (Å²) in [4.78, 5) is 30.2. The molecule has 136 valence electrons. The number of nitrogens with zero attached hydrogens (tertiary/aromatic N) is 2. The molecule has 0 bridgehead atoms.